The summed E-state index contributed by atoms with van der Waals surface area (Å²) in [6.07, 6.45) is 0.764. The summed E-state index contributed by atoms with van der Waals surface area (Å²) in [4.78, 5) is 0.0654. The summed E-state index contributed by atoms with van der Waals surface area (Å²) in [5.41, 5.74) is 0. The van der Waals surface area contributed by atoms with Crippen LogP contribution in [-0.4, -0.2) is 18.6 Å². The van der Waals surface area contributed by atoms with E-state index in [-0.39, 0.29) is 10.0 Å². The fourth-order valence-electron chi connectivity index (χ4n) is 1.59. The zero-order chi connectivity index (χ0) is 15.6. The van der Waals surface area contributed by atoms with E-state index in [9.17, 15) is 8.42 Å². The van der Waals surface area contributed by atoms with Crippen molar-refractivity contribution in [2.75, 3.05) is 4.72 Å². The minimum Gasteiger partial charge on any atom is -0.253 e. The summed E-state index contributed by atoms with van der Waals surface area (Å²) in [6.45, 7) is 4.13. The molecule has 0 saturated heterocycles. The first kappa shape index (κ1) is 16.7. The molecule has 0 atom stereocenters. The van der Waals surface area contributed by atoms with Gasteiger partial charge in [-0.15, -0.1) is 10.2 Å². The quantitative estimate of drug-likeness (QED) is 0.810. The molecule has 0 bridgehead atoms. The maximum Gasteiger partial charge on any atom is 0.264 e. The third-order valence-electron chi connectivity index (χ3n) is 2.48. The molecule has 1 aromatic carbocycles. The van der Waals surface area contributed by atoms with Gasteiger partial charge in [-0.25, -0.2) is 8.42 Å². The average Bonchev–Trinajstić information content (AvgIpc) is 2.78. The molecule has 0 aliphatic rings. The molecular weight excluding hydrogens is 398 g/mol. The second kappa shape index (κ2) is 6.60. The molecule has 0 unspecified atom stereocenters. The van der Waals surface area contributed by atoms with Gasteiger partial charge in [0.05, 0.1) is 9.50 Å². The van der Waals surface area contributed by atoms with Crippen molar-refractivity contribution in [3.8, 4) is 0 Å². The maximum absolute atomic E-state index is 12.3. The van der Waals surface area contributed by atoms with E-state index >= 15 is 0 Å². The van der Waals surface area contributed by atoms with Crippen LogP contribution in [0.2, 0.25) is 5.02 Å². The summed E-state index contributed by atoms with van der Waals surface area (Å²) in [5, 5.41) is 9.22. The Bertz CT molecular complexity index is 747. The first-order valence-electron chi connectivity index (χ1n) is 6.09. The largest absolute Gasteiger partial charge is 0.264 e. The van der Waals surface area contributed by atoms with Crippen LogP contribution in [0.5, 0.6) is 0 Å². The zero-order valence-corrected chi connectivity index (χ0v) is 15.3. The average molecular weight is 411 g/mol. The van der Waals surface area contributed by atoms with E-state index in [4.69, 9.17) is 11.6 Å². The molecule has 9 heteroatoms. The normalized spacial score (nSPS) is 11.9. The lowest BCUT2D eigenvalue weighted by atomic mass is 10.1. The number of anilines is 1. The number of halogens is 2. The molecule has 0 radical (unpaired) electrons. The molecule has 1 heterocycles. The maximum atomic E-state index is 12.3. The predicted octanol–water partition coefficient (Wildman–Crippen LogP) is 3.95. The zero-order valence-electron chi connectivity index (χ0n) is 11.3. The minimum atomic E-state index is -3.76. The highest BCUT2D eigenvalue weighted by Crippen LogP contribution is 2.31. The first-order chi connectivity index (χ1) is 9.79. The van der Waals surface area contributed by atoms with Crippen molar-refractivity contribution in [3.63, 3.8) is 0 Å². The van der Waals surface area contributed by atoms with Crippen LogP contribution < -0.4 is 4.72 Å². The Kier molecular flexibility index (Phi) is 5.24. The summed E-state index contributed by atoms with van der Waals surface area (Å²) in [7, 11) is -3.76. The van der Waals surface area contributed by atoms with Crippen LogP contribution in [0.1, 0.15) is 18.9 Å². The number of nitrogens with one attached hydrogen (secondary N) is 1. The second-order valence-corrected chi connectivity index (χ2v) is 8.67. The first-order valence-corrected chi connectivity index (χ1v) is 9.56. The van der Waals surface area contributed by atoms with Gasteiger partial charge in [0.2, 0.25) is 5.13 Å². The number of nitrogens with zero attached hydrogens (tertiary/aromatic N) is 2. The molecule has 2 aromatic rings. The summed E-state index contributed by atoms with van der Waals surface area (Å²) < 4.78 is 27.4. The fourth-order valence-corrected chi connectivity index (χ4v) is 5.01. The number of hydrogen-bond acceptors (Lipinski definition) is 5. The topological polar surface area (TPSA) is 72.0 Å². The Balaban J connectivity index is 2.25. The van der Waals surface area contributed by atoms with Gasteiger partial charge in [0.15, 0.2) is 0 Å². The van der Waals surface area contributed by atoms with Gasteiger partial charge in [-0.3, -0.25) is 4.72 Å². The van der Waals surface area contributed by atoms with Crippen molar-refractivity contribution in [2.45, 2.75) is 25.2 Å². The van der Waals surface area contributed by atoms with Crippen LogP contribution in [0.25, 0.3) is 0 Å². The van der Waals surface area contributed by atoms with Crippen LogP contribution in [-0.2, 0) is 16.4 Å². The summed E-state index contributed by atoms with van der Waals surface area (Å²) >= 11 is 10.3. The van der Waals surface area contributed by atoms with E-state index in [2.05, 4.69) is 44.7 Å². The highest BCUT2D eigenvalue weighted by Gasteiger charge is 2.21. The Morgan fingerprint density at radius 1 is 1.38 bits per heavy atom. The molecule has 0 aliphatic heterocycles. The van der Waals surface area contributed by atoms with E-state index in [1.165, 1.54) is 17.4 Å². The number of aromatic nitrogens is 2. The van der Waals surface area contributed by atoms with Crippen LogP contribution >= 0.6 is 38.9 Å². The molecule has 2 rings (SSSR count). The number of sulfonamides is 1. The molecule has 114 valence electrons. The Morgan fingerprint density at radius 2 is 2.10 bits per heavy atom. The molecule has 21 heavy (non-hydrogen) atoms. The predicted molar refractivity (Wildman–Crippen MR) is 88.4 cm³/mol. The van der Waals surface area contributed by atoms with Gasteiger partial charge in [-0.1, -0.05) is 42.9 Å². The highest BCUT2D eigenvalue weighted by atomic mass is 79.9. The van der Waals surface area contributed by atoms with E-state index in [1.807, 2.05) is 0 Å². The molecule has 5 nitrogen and oxygen atoms in total. The number of benzene rings is 1. The van der Waals surface area contributed by atoms with Gasteiger partial charge in [0.25, 0.3) is 10.0 Å². The third-order valence-corrected chi connectivity index (χ3v) is 6.51. The van der Waals surface area contributed by atoms with Crippen molar-refractivity contribution < 1.29 is 8.42 Å². The van der Waals surface area contributed by atoms with Gasteiger partial charge in [-0.05, 0) is 34.0 Å². The van der Waals surface area contributed by atoms with E-state index in [0.717, 1.165) is 11.4 Å². The Labute approximate surface area is 140 Å². The van der Waals surface area contributed by atoms with Crippen molar-refractivity contribution in [2.24, 2.45) is 5.92 Å². The van der Waals surface area contributed by atoms with Gasteiger partial charge in [-0.2, -0.15) is 0 Å². The van der Waals surface area contributed by atoms with Crippen molar-refractivity contribution in [3.05, 3.63) is 32.7 Å². The SMILES string of the molecule is CC(C)Cc1nnc(NS(=O)(=O)c2cccc(Cl)c2Br)s1. The van der Waals surface area contributed by atoms with Gasteiger partial charge in [0.1, 0.15) is 9.90 Å². The van der Waals surface area contributed by atoms with E-state index in [1.54, 1.807) is 12.1 Å². The van der Waals surface area contributed by atoms with Crippen molar-refractivity contribution >= 4 is 54.0 Å². The van der Waals surface area contributed by atoms with E-state index in [0.29, 0.717) is 15.4 Å². The smallest absolute Gasteiger partial charge is 0.253 e. The molecule has 1 N–H and O–H groups in total. The lowest BCUT2D eigenvalue weighted by Crippen LogP contribution is -2.13. The van der Waals surface area contributed by atoms with Crippen molar-refractivity contribution in [1.82, 2.24) is 10.2 Å². The van der Waals surface area contributed by atoms with Crippen LogP contribution in [0, 0.1) is 5.92 Å². The van der Waals surface area contributed by atoms with Gasteiger partial charge in [0, 0.05) is 6.42 Å². The van der Waals surface area contributed by atoms with Gasteiger partial charge < -0.3 is 0 Å². The Morgan fingerprint density at radius 3 is 2.76 bits per heavy atom. The molecule has 0 amide bonds. The lowest BCUT2D eigenvalue weighted by molar-refractivity contribution is 0.600. The number of hydrogen-bond donors (Lipinski definition) is 1. The molecule has 0 aliphatic carbocycles. The number of rotatable bonds is 5. The molecule has 1 aromatic heterocycles. The summed E-state index contributed by atoms with van der Waals surface area (Å²) in [6, 6.07) is 4.65. The second-order valence-electron chi connectivity index (χ2n) is 4.76. The summed E-state index contributed by atoms with van der Waals surface area (Å²) in [5.74, 6) is 0.435. The lowest BCUT2D eigenvalue weighted by Gasteiger charge is -2.07. The van der Waals surface area contributed by atoms with Gasteiger partial charge >= 0.3 is 0 Å². The monoisotopic (exact) mass is 409 g/mol. The fraction of sp³-hybridized carbons (Fsp3) is 0.333. The van der Waals surface area contributed by atoms with Crippen molar-refractivity contribution in [1.29, 1.82) is 0 Å². The van der Waals surface area contributed by atoms with E-state index < -0.39 is 10.0 Å². The minimum absolute atomic E-state index is 0.0654. The molecule has 0 fully saturated rings. The molecule has 0 saturated carbocycles. The molecule has 0 spiro atoms. The van der Waals surface area contributed by atoms with Crippen LogP contribution in [0.15, 0.2) is 27.6 Å². The standard InChI is InChI=1S/C12H13BrClN3O2S2/c1-7(2)6-10-15-16-12(20-10)17-21(18,19)9-5-3-4-8(14)11(9)13/h3-5,7H,6H2,1-2H3,(H,16,17). The van der Waals surface area contributed by atoms with Crippen LogP contribution in [0.4, 0.5) is 5.13 Å². The van der Waals surface area contributed by atoms with Crippen LogP contribution in [0.3, 0.4) is 0 Å². The Hall–Kier alpha value is -0.700. The third kappa shape index (κ3) is 4.15. The molecular formula is C12H13BrClN3O2S2. The highest BCUT2D eigenvalue weighted by molar-refractivity contribution is 9.10.